The molecule has 0 radical (unpaired) electrons. The molecule has 0 unspecified atom stereocenters. The van der Waals surface area contributed by atoms with Gasteiger partial charge in [0.25, 0.3) is 0 Å². The lowest BCUT2D eigenvalue weighted by Crippen LogP contribution is -2.62. The number of fused-ring (bicyclic) bond motifs is 11. The van der Waals surface area contributed by atoms with E-state index in [1.807, 2.05) is 0 Å². The smallest absolute Gasteiger partial charge is 0.333 e. The van der Waals surface area contributed by atoms with Gasteiger partial charge in [-0.15, -0.1) is 0 Å². The highest BCUT2D eigenvalue weighted by atomic mass is 16.3. The summed E-state index contributed by atoms with van der Waals surface area (Å²) in [5, 5.41) is 2.27. The zero-order valence-corrected chi connectivity index (χ0v) is 37.5. The number of anilines is 5. The van der Waals surface area contributed by atoms with Crippen molar-refractivity contribution in [1.29, 1.82) is 0 Å². The summed E-state index contributed by atoms with van der Waals surface area (Å²) < 4.78 is 6.80. The van der Waals surface area contributed by atoms with E-state index in [9.17, 15) is 0 Å². The number of hydrogen-bond acceptors (Lipinski definition) is 3. The normalized spacial score (nSPS) is 14.7. The summed E-state index contributed by atoms with van der Waals surface area (Å²) in [6, 6.07) is 61.6. The Morgan fingerprint density at radius 1 is 0.492 bits per heavy atom. The Bertz CT molecular complexity index is 3340. The number of para-hydroxylation sites is 2. The summed E-state index contributed by atoms with van der Waals surface area (Å²) in [6.07, 6.45) is 0. The second-order valence-electron chi connectivity index (χ2n) is 20.6. The molecular weight excluding hydrogens is 763 g/mol. The minimum Gasteiger partial charge on any atom is -0.456 e. The van der Waals surface area contributed by atoms with Crippen molar-refractivity contribution in [2.24, 2.45) is 0 Å². The first-order valence-electron chi connectivity index (χ1n) is 22.5. The second kappa shape index (κ2) is 13.1. The van der Waals surface area contributed by atoms with Gasteiger partial charge in [0.05, 0.1) is 5.69 Å². The minimum atomic E-state index is -0.232. The molecule has 0 saturated carbocycles. The molecule has 63 heavy (non-hydrogen) atoms. The summed E-state index contributed by atoms with van der Waals surface area (Å²) in [7, 11) is 0. The van der Waals surface area contributed by atoms with Gasteiger partial charge in [-0.2, -0.15) is 0 Å². The van der Waals surface area contributed by atoms with E-state index in [0.717, 1.165) is 33.3 Å². The molecule has 0 amide bonds. The number of hydrogen-bond donors (Lipinski definition) is 0. The van der Waals surface area contributed by atoms with E-state index < -0.39 is 0 Å². The minimum absolute atomic E-state index is 0.0319. The van der Waals surface area contributed by atoms with Crippen molar-refractivity contribution < 1.29 is 4.42 Å². The predicted octanol–water partition coefficient (Wildman–Crippen LogP) is 14.9. The van der Waals surface area contributed by atoms with Gasteiger partial charge in [0, 0.05) is 56.1 Å². The van der Waals surface area contributed by atoms with Gasteiger partial charge in [0.2, 0.25) is 0 Å². The molecule has 3 heterocycles. The third-order valence-corrected chi connectivity index (χ3v) is 14.3. The first-order chi connectivity index (χ1) is 30.3. The van der Waals surface area contributed by atoms with Crippen LogP contribution in [0.25, 0.3) is 55.3 Å². The van der Waals surface area contributed by atoms with E-state index in [4.69, 9.17) is 4.42 Å². The van der Waals surface area contributed by atoms with Crippen LogP contribution in [0.1, 0.15) is 77.6 Å². The molecule has 12 rings (SSSR count). The Morgan fingerprint density at radius 2 is 1.16 bits per heavy atom. The third-order valence-electron chi connectivity index (χ3n) is 14.3. The Balaban J connectivity index is 1.26. The first-order valence-corrected chi connectivity index (χ1v) is 22.5. The van der Waals surface area contributed by atoms with Crippen LogP contribution in [0.4, 0.5) is 28.4 Å². The molecule has 3 aliphatic rings. The molecule has 0 bridgehead atoms. The van der Waals surface area contributed by atoms with Crippen LogP contribution >= 0.6 is 0 Å². The van der Waals surface area contributed by atoms with Crippen LogP contribution in [0.15, 0.2) is 168 Å². The Labute approximate surface area is 371 Å². The van der Waals surface area contributed by atoms with Crippen LogP contribution in [0.3, 0.4) is 0 Å². The van der Waals surface area contributed by atoms with E-state index >= 15 is 0 Å². The largest absolute Gasteiger partial charge is 0.456 e. The Morgan fingerprint density at radius 3 is 1.92 bits per heavy atom. The average molecular weight is 815 g/mol. The molecule has 0 saturated heterocycles. The van der Waals surface area contributed by atoms with Crippen LogP contribution < -0.4 is 20.6 Å². The molecule has 1 aromatic heterocycles. The first kappa shape index (κ1) is 37.9. The summed E-state index contributed by atoms with van der Waals surface area (Å²) in [5.74, 6) is 0. The van der Waals surface area contributed by atoms with Gasteiger partial charge in [-0.05, 0) is 109 Å². The van der Waals surface area contributed by atoms with E-state index in [0.29, 0.717) is 0 Å². The number of rotatable bonds is 3. The number of furan rings is 1. The van der Waals surface area contributed by atoms with E-state index in [1.54, 1.807) is 0 Å². The molecule has 9 aromatic rings. The highest BCUT2D eigenvalue weighted by Crippen LogP contribution is 2.58. The molecule has 0 spiro atoms. The SMILES string of the molecule is CC(C)(C)c1ccc(N2B3c4cc5c(cc4N(c4ccc(C(C)(C)C)cc4-c4ccccc4)c4cc6c(c(c43)-c3ccccc32)C(C)(C)c2ccccc2-6)oc2ccccc25)cc1. The van der Waals surface area contributed by atoms with Gasteiger partial charge in [-0.3, -0.25) is 0 Å². The lowest BCUT2D eigenvalue weighted by Gasteiger charge is -2.47. The van der Waals surface area contributed by atoms with Gasteiger partial charge in [0.1, 0.15) is 11.2 Å². The molecule has 2 aliphatic heterocycles. The predicted molar refractivity (Wildman–Crippen MR) is 268 cm³/mol. The second-order valence-corrected chi connectivity index (χ2v) is 20.6. The summed E-state index contributed by atoms with van der Waals surface area (Å²) in [5.41, 5.74) is 23.1. The van der Waals surface area contributed by atoms with Crippen LogP contribution in [-0.2, 0) is 16.2 Å². The van der Waals surface area contributed by atoms with E-state index in [1.165, 1.54) is 83.6 Å². The van der Waals surface area contributed by atoms with Crippen molar-refractivity contribution in [2.45, 2.75) is 71.6 Å². The van der Waals surface area contributed by atoms with Gasteiger partial charge in [-0.25, -0.2) is 0 Å². The summed E-state index contributed by atoms with van der Waals surface area (Å²) >= 11 is 0. The van der Waals surface area contributed by atoms with Gasteiger partial charge >= 0.3 is 6.85 Å². The van der Waals surface area contributed by atoms with Crippen molar-refractivity contribution in [3.63, 3.8) is 0 Å². The van der Waals surface area contributed by atoms with E-state index in [-0.39, 0.29) is 23.1 Å². The molecule has 1 aliphatic carbocycles. The summed E-state index contributed by atoms with van der Waals surface area (Å²) in [4.78, 5) is 5.23. The highest BCUT2D eigenvalue weighted by Gasteiger charge is 2.50. The molecule has 3 nitrogen and oxygen atoms in total. The zero-order valence-electron chi connectivity index (χ0n) is 37.5. The van der Waals surface area contributed by atoms with Crippen molar-refractivity contribution >= 4 is 68.1 Å². The fraction of sp³-hybridized carbons (Fsp3) is 0.186. The molecule has 306 valence electrons. The lowest BCUT2D eigenvalue weighted by molar-refractivity contribution is 0.590. The Kier molecular flexibility index (Phi) is 7.91. The van der Waals surface area contributed by atoms with Crippen LogP contribution in [0.2, 0.25) is 0 Å². The maximum atomic E-state index is 6.80. The number of benzene rings is 8. The van der Waals surface area contributed by atoms with Crippen molar-refractivity contribution in [3.8, 4) is 33.4 Å². The third kappa shape index (κ3) is 5.46. The van der Waals surface area contributed by atoms with Crippen LogP contribution in [0, 0.1) is 0 Å². The zero-order chi connectivity index (χ0) is 43.2. The van der Waals surface area contributed by atoms with Gasteiger partial charge in [0.15, 0.2) is 0 Å². The van der Waals surface area contributed by atoms with Crippen molar-refractivity contribution in [3.05, 3.63) is 186 Å². The quantitative estimate of drug-likeness (QED) is 0.166. The van der Waals surface area contributed by atoms with Gasteiger partial charge in [-0.1, -0.05) is 171 Å². The van der Waals surface area contributed by atoms with Crippen molar-refractivity contribution in [2.75, 3.05) is 9.71 Å². The maximum Gasteiger partial charge on any atom is 0.333 e. The fourth-order valence-electron chi connectivity index (χ4n) is 11.2. The summed E-state index contributed by atoms with van der Waals surface area (Å²) in [6.45, 7) is 18.5. The molecule has 4 heteroatoms. The maximum absolute atomic E-state index is 6.80. The topological polar surface area (TPSA) is 19.6 Å². The molecule has 0 atom stereocenters. The monoisotopic (exact) mass is 814 g/mol. The standard InChI is InChI=1S/C59H51BN2O/c1-57(2,3)37-26-29-39(30-27-37)62-49-24-16-13-22-42(49)54-55-45(40-20-12-15-23-46(40)59(55,7)8)34-51-56(54)60(62)47-33-44-41-21-14-17-25-52(41)63-53(44)35-50(47)61(51)48-31-28-38(58(4,5)6)32-43(48)36-18-10-9-11-19-36/h9-35H,1-8H3. The average Bonchev–Trinajstić information content (AvgIpc) is 3.76. The number of nitrogens with zero attached hydrogens (tertiary/aromatic N) is 2. The van der Waals surface area contributed by atoms with Crippen LogP contribution in [0.5, 0.6) is 0 Å². The Hall–Kier alpha value is -6.78. The lowest BCUT2D eigenvalue weighted by atomic mass is 9.42. The van der Waals surface area contributed by atoms with Crippen LogP contribution in [-0.4, -0.2) is 6.85 Å². The molecule has 0 N–H and O–H groups in total. The highest BCUT2D eigenvalue weighted by molar-refractivity contribution is 6.94. The molecule has 0 fully saturated rings. The fourth-order valence-corrected chi connectivity index (χ4v) is 11.2. The van der Waals surface area contributed by atoms with Crippen molar-refractivity contribution in [1.82, 2.24) is 0 Å². The molecular formula is C59H51BN2O. The van der Waals surface area contributed by atoms with E-state index in [2.05, 4.69) is 229 Å². The van der Waals surface area contributed by atoms with Gasteiger partial charge < -0.3 is 14.1 Å². The molecule has 8 aromatic carbocycles.